The predicted octanol–water partition coefficient (Wildman–Crippen LogP) is 4.60. The van der Waals surface area contributed by atoms with Crippen LogP contribution in [0.2, 0.25) is 0 Å². The summed E-state index contributed by atoms with van der Waals surface area (Å²) in [6.45, 7) is 3.94. The second-order valence-corrected chi connectivity index (χ2v) is 10.1. The van der Waals surface area contributed by atoms with Gasteiger partial charge in [-0.3, -0.25) is 14.5 Å². The van der Waals surface area contributed by atoms with Gasteiger partial charge in [0.15, 0.2) is 11.5 Å². The van der Waals surface area contributed by atoms with E-state index in [1.807, 2.05) is 72.1 Å². The molecule has 2 aliphatic heterocycles. The SMILES string of the molecule is CN1CCN(c2ccc(N3C(=O)C(O)=C(C(=O)CCc4ccccc4)C3c3cccs3)cc2)CC1. The molecule has 1 fully saturated rings. The van der Waals surface area contributed by atoms with Crippen LogP contribution in [-0.4, -0.2) is 54.9 Å². The molecule has 1 atom stereocenters. The maximum absolute atomic E-state index is 13.3. The van der Waals surface area contributed by atoms with Crippen LogP contribution in [0.5, 0.6) is 0 Å². The molecule has 35 heavy (non-hydrogen) atoms. The molecule has 0 saturated carbocycles. The van der Waals surface area contributed by atoms with E-state index in [-0.39, 0.29) is 17.8 Å². The van der Waals surface area contributed by atoms with Crippen molar-refractivity contribution >= 4 is 34.4 Å². The Bertz CT molecular complexity index is 1210. The molecular formula is C28H29N3O3S. The number of benzene rings is 2. The number of anilines is 2. The Morgan fingerprint density at radius 1 is 0.943 bits per heavy atom. The highest BCUT2D eigenvalue weighted by atomic mass is 32.1. The molecule has 1 N–H and O–H groups in total. The predicted molar refractivity (Wildman–Crippen MR) is 140 cm³/mol. The van der Waals surface area contributed by atoms with Gasteiger partial charge in [-0.05, 0) is 54.7 Å². The number of aliphatic hydroxyl groups excluding tert-OH is 1. The number of hydrogen-bond donors (Lipinski definition) is 1. The number of thiophene rings is 1. The average molecular weight is 488 g/mol. The van der Waals surface area contributed by atoms with E-state index in [1.165, 1.54) is 11.3 Å². The number of piperazine rings is 1. The second-order valence-electron chi connectivity index (χ2n) is 9.07. The molecule has 6 nitrogen and oxygen atoms in total. The zero-order chi connectivity index (χ0) is 24.4. The van der Waals surface area contributed by atoms with Gasteiger partial charge in [-0.2, -0.15) is 0 Å². The number of aliphatic hydroxyl groups is 1. The fourth-order valence-electron chi connectivity index (χ4n) is 4.80. The molecule has 180 valence electrons. The molecule has 1 unspecified atom stereocenters. The van der Waals surface area contributed by atoms with E-state index in [2.05, 4.69) is 16.8 Å². The van der Waals surface area contributed by atoms with Crippen LogP contribution in [0.3, 0.4) is 0 Å². The Labute approximate surface area is 209 Å². The van der Waals surface area contributed by atoms with E-state index in [0.29, 0.717) is 12.1 Å². The van der Waals surface area contributed by atoms with Crippen molar-refractivity contribution in [3.05, 3.63) is 93.9 Å². The summed E-state index contributed by atoms with van der Waals surface area (Å²) >= 11 is 1.48. The van der Waals surface area contributed by atoms with Gasteiger partial charge in [0, 0.05) is 48.9 Å². The topological polar surface area (TPSA) is 64.1 Å². The third kappa shape index (κ3) is 4.74. The summed E-state index contributed by atoms with van der Waals surface area (Å²) in [6.07, 6.45) is 0.788. The van der Waals surface area contributed by atoms with Crippen molar-refractivity contribution in [2.45, 2.75) is 18.9 Å². The van der Waals surface area contributed by atoms with Crippen LogP contribution in [-0.2, 0) is 16.0 Å². The summed E-state index contributed by atoms with van der Waals surface area (Å²) in [5.74, 6) is -1.17. The van der Waals surface area contributed by atoms with Gasteiger partial charge in [-0.25, -0.2) is 0 Å². The first-order chi connectivity index (χ1) is 17.0. The number of hydrogen-bond acceptors (Lipinski definition) is 6. The highest BCUT2D eigenvalue weighted by molar-refractivity contribution is 7.10. The summed E-state index contributed by atoms with van der Waals surface area (Å²) in [5.41, 5.74) is 3.02. The molecule has 5 rings (SSSR count). The van der Waals surface area contributed by atoms with E-state index < -0.39 is 17.7 Å². The van der Waals surface area contributed by atoms with E-state index >= 15 is 0 Å². The molecule has 1 amide bonds. The van der Waals surface area contributed by atoms with Gasteiger partial charge >= 0.3 is 0 Å². The minimum Gasteiger partial charge on any atom is -0.503 e. The summed E-state index contributed by atoms with van der Waals surface area (Å²) in [4.78, 5) is 33.7. The summed E-state index contributed by atoms with van der Waals surface area (Å²) in [7, 11) is 2.13. The van der Waals surface area contributed by atoms with Crippen molar-refractivity contribution in [1.82, 2.24) is 4.90 Å². The molecule has 0 aliphatic carbocycles. The Balaban J connectivity index is 1.41. The number of nitrogens with zero attached hydrogens (tertiary/aromatic N) is 3. The Hall–Kier alpha value is -3.42. The molecule has 1 aromatic heterocycles. The highest BCUT2D eigenvalue weighted by Gasteiger charge is 2.44. The molecule has 0 radical (unpaired) electrons. The van der Waals surface area contributed by atoms with Gasteiger partial charge in [0.2, 0.25) is 0 Å². The average Bonchev–Trinajstić information content (AvgIpc) is 3.51. The van der Waals surface area contributed by atoms with Crippen molar-refractivity contribution in [1.29, 1.82) is 0 Å². The third-order valence-corrected chi connectivity index (χ3v) is 7.73. The third-order valence-electron chi connectivity index (χ3n) is 6.80. The number of carbonyl (C=O) groups excluding carboxylic acids is 2. The number of rotatable bonds is 7. The fourth-order valence-corrected chi connectivity index (χ4v) is 5.62. The lowest BCUT2D eigenvalue weighted by Crippen LogP contribution is -2.44. The minimum atomic E-state index is -0.625. The lowest BCUT2D eigenvalue weighted by atomic mass is 9.97. The summed E-state index contributed by atoms with van der Waals surface area (Å²) in [6, 6.07) is 20.8. The zero-order valence-corrected chi connectivity index (χ0v) is 20.6. The minimum absolute atomic E-state index is 0.191. The first-order valence-corrected chi connectivity index (χ1v) is 12.8. The van der Waals surface area contributed by atoms with Crippen LogP contribution in [0.4, 0.5) is 11.4 Å². The Morgan fingerprint density at radius 2 is 1.63 bits per heavy atom. The molecule has 0 spiro atoms. The zero-order valence-electron chi connectivity index (χ0n) is 19.8. The molecular weight excluding hydrogens is 458 g/mol. The van der Waals surface area contributed by atoms with Gasteiger partial charge < -0.3 is 14.9 Å². The maximum Gasteiger partial charge on any atom is 0.294 e. The van der Waals surface area contributed by atoms with Gasteiger partial charge in [0.05, 0.1) is 5.57 Å². The number of likely N-dealkylation sites (N-methyl/N-ethyl adjacent to an activating group) is 1. The quantitative estimate of drug-likeness (QED) is 0.528. The lowest BCUT2D eigenvalue weighted by molar-refractivity contribution is -0.118. The number of ketones is 1. The van der Waals surface area contributed by atoms with Crippen LogP contribution < -0.4 is 9.80 Å². The molecule has 2 aromatic carbocycles. The van der Waals surface area contributed by atoms with Crippen molar-refractivity contribution in [2.24, 2.45) is 0 Å². The summed E-state index contributed by atoms with van der Waals surface area (Å²) in [5, 5.41) is 12.8. The van der Waals surface area contributed by atoms with Gasteiger partial charge in [0.25, 0.3) is 5.91 Å². The highest BCUT2D eigenvalue weighted by Crippen LogP contribution is 2.43. The monoisotopic (exact) mass is 487 g/mol. The van der Waals surface area contributed by atoms with Crippen molar-refractivity contribution in [2.75, 3.05) is 43.0 Å². The fraction of sp³-hybridized carbons (Fsp3) is 0.286. The normalized spacial score (nSPS) is 19.0. The Kier molecular flexibility index (Phi) is 6.70. The smallest absolute Gasteiger partial charge is 0.294 e. The number of amides is 1. The van der Waals surface area contributed by atoms with Crippen molar-refractivity contribution in [3.8, 4) is 0 Å². The van der Waals surface area contributed by atoms with Gasteiger partial charge in [-0.1, -0.05) is 36.4 Å². The number of Topliss-reactive ketones (excluding diaryl/α,β-unsaturated/α-hetero) is 1. The van der Waals surface area contributed by atoms with Gasteiger partial charge in [0.1, 0.15) is 6.04 Å². The molecule has 3 heterocycles. The maximum atomic E-state index is 13.3. The van der Waals surface area contributed by atoms with Crippen LogP contribution in [0, 0.1) is 0 Å². The van der Waals surface area contributed by atoms with Crippen LogP contribution in [0.1, 0.15) is 22.9 Å². The molecule has 7 heteroatoms. The van der Waals surface area contributed by atoms with Crippen LogP contribution >= 0.6 is 11.3 Å². The standard InChI is InChI=1S/C28H29N3O3S/c1-29-15-17-30(18-16-29)21-10-12-22(13-11-21)31-26(24-8-5-19-35-24)25(27(33)28(31)34)23(32)14-9-20-6-3-2-4-7-20/h2-8,10-13,19,26,33H,9,14-18H2,1H3. The number of aryl methyl sites for hydroxylation is 1. The first-order valence-electron chi connectivity index (χ1n) is 11.9. The largest absolute Gasteiger partial charge is 0.503 e. The van der Waals surface area contributed by atoms with Gasteiger partial charge in [-0.15, -0.1) is 11.3 Å². The van der Waals surface area contributed by atoms with E-state index in [4.69, 9.17) is 0 Å². The molecule has 1 saturated heterocycles. The molecule has 3 aromatic rings. The van der Waals surface area contributed by atoms with Crippen LogP contribution in [0.25, 0.3) is 0 Å². The Morgan fingerprint density at radius 3 is 2.29 bits per heavy atom. The van der Waals surface area contributed by atoms with Crippen molar-refractivity contribution in [3.63, 3.8) is 0 Å². The van der Waals surface area contributed by atoms with E-state index in [1.54, 1.807) is 4.90 Å². The van der Waals surface area contributed by atoms with E-state index in [9.17, 15) is 14.7 Å². The molecule has 2 aliphatic rings. The first kappa shape index (κ1) is 23.3. The summed E-state index contributed by atoms with van der Waals surface area (Å²) < 4.78 is 0. The van der Waals surface area contributed by atoms with Crippen LogP contribution in [0.15, 0.2) is 83.4 Å². The second kappa shape index (κ2) is 10.1. The van der Waals surface area contributed by atoms with E-state index in [0.717, 1.165) is 42.3 Å². The van der Waals surface area contributed by atoms with Crippen molar-refractivity contribution < 1.29 is 14.7 Å². The number of carbonyl (C=O) groups is 2. The lowest BCUT2D eigenvalue weighted by Gasteiger charge is -2.34. The molecule has 0 bridgehead atoms.